The lowest BCUT2D eigenvalue weighted by molar-refractivity contribution is -0.133. The van der Waals surface area contributed by atoms with Crippen molar-refractivity contribution < 1.29 is 9.90 Å². The summed E-state index contributed by atoms with van der Waals surface area (Å²) in [7, 11) is 0. The highest BCUT2D eigenvalue weighted by molar-refractivity contribution is 6.05. The number of aromatic nitrogens is 1. The van der Waals surface area contributed by atoms with E-state index in [2.05, 4.69) is 16.4 Å². The number of anilines is 1. The van der Waals surface area contributed by atoms with Crippen molar-refractivity contribution in [2.75, 3.05) is 5.32 Å². The highest BCUT2D eigenvalue weighted by Crippen LogP contribution is 2.37. The number of benzene rings is 2. The Morgan fingerprint density at radius 1 is 1.13 bits per heavy atom. The summed E-state index contributed by atoms with van der Waals surface area (Å²) in [5.41, 5.74) is 2.43. The summed E-state index contributed by atoms with van der Waals surface area (Å²) in [6.45, 7) is 2.04. The Morgan fingerprint density at radius 2 is 1.96 bits per heavy atom. The molecule has 0 aliphatic carbocycles. The Hall–Kier alpha value is -2.72. The van der Waals surface area contributed by atoms with Gasteiger partial charge in [-0.25, -0.2) is 0 Å². The molecule has 23 heavy (non-hydrogen) atoms. The van der Waals surface area contributed by atoms with Crippen molar-refractivity contribution in [3.8, 4) is 0 Å². The van der Waals surface area contributed by atoms with Crippen molar-refractivity contribution in [1.29, 1.82) is 0 Å². The van der Waals surface area contributed by atoms with E-state index in [9.17, 15) is 9.90 Å². The van der Waals surface area contributed by atoms with Crippen molar-refractivity contribution >= 4 is 22.5 Å². The molecule has 1 aromatic heterocycles. The number of aryl methyl sites for hydroxylation is 1. The third-order valence-corrected chi connectivity index (χ3v) is 4.34. The molecular formula is C19H16N2O2. The minimum absolute atomic E-state index is 0.152. The topological polar surface area (TPSA) is 62.2 Å². The molecule has 0 spiro atoms. The maximum atomic E-state index is 12.3. The van der Waals surface area contributed by atoms with Gasteiger partial charge in [0.15, 0.2) is 5.60 Å². The number of nitrogens with zero attached hydrogens (tertiary/aromatic N) is 1. The lowest BCUT2D eigenvalue weighted by Gasteiger charge is -2.20. The quantitative estimate of drug-likeness (QED) is 0.765. The van der Waals surface area contributed by atoms with Gasteiger partial charge in [0.1, 0.15) is 0 Å². The zero-order chi connectivity index (χ0) is 16.0. The van der Waals surface area contributed by atoms with Crippen LogP contribution in [0.25, 0.3) is 10.9 Å². The predicted molar refractivity (Wildman–Crippen MR) is 89.2 cm³/mol. The average molecular weight is 304 g/mol. The van der Waals surface area contributed by atoms with Crippen LogP contribution in [0.3, 0.4) is 0 Å². The maximum Gasteiger partial charge on any atom is 0.261 e. The summed E-state index contributed by atoms with van der Waals surface area (Å²) < 4.78 is 0. The van der Waals surface area contributed by atoms with Crippen molar-refractivity contribution in [2.45, 2.75) is 18.9 Å². The molecule has 0 saturated heterocycles. The molecule has 0 fully saturated rings. The summed E-state index contributed by atoms with van der Waals surface area (Å²) in [5.74, 6) is -0.399. The molecule has 2 heterocycles. The Balaban J connectivity index is 1.75. The van der Waals surface area contributed by atoms with Crippen LogP contribution in [-0.4, -0.2) is 16.0 Å². The van der Waals surface area contributed by atoms with Gasteiger partial charge in [-0.2, -0.15) is 0 Å². The van der Waals surface area contributed by atoms with E-state index in [0.29, 0.717) is 16.9 Å². The minimum Gasteiger partial charge on any atom is -0.375 e. The van der Waals surface area contributed by atoms with Gasteiger partial charge in [0.05, 0.1) is 5.52 Å². The van der Waals surface area contributed by atoms with Crippen LogP contribution in [0.1, 0.15) is 16.8 Å². The fraction of sp³-hybridized carbons (Fsp3) is 0.158. The highest BCUT2D eigenvalue weighted by atomic mass is 16.3. The van der Waals surface area contributed by atoms with Crippen LogP contribution in [0.4, 0.5) is 5.69 Å². The maximum absolute atomic E-state index is 12.3. The molecule has 1 aliphatic rings. The van der Waals surface area contributed by atoms with Crippen LogP contribution >= 0.6 is 0 Å². The Bertz CT molecular complexity index is 936. The van der Waals surface area contributed by atoms with Gasteiger partial charge < -0.3 is 10.4 Å². The molecule has 1 atom stereocenters. The van der Waals surface area contributed by atoms with E-state index in [-0.39, 0.29) is 6.42 Å². The van der Waals surface area contributed by atoms with Crippen molar-refractivity contribution in [2.24, 2.45) is 0 Å². The number of hydrogen-bond acceptors (Lipinski definition) is 3. The smallest absolute Gasteiger partial charge is 0.261 e. The van der Waals surface area contributed by atoms with Crippen LogP contribution in [0.15, 0.2) is 54.6 Å². The first-order valence-corrected chi connectivity index (χ1v) is 7.56. The molecule has 1 unspecified atom stereocenters. The number of carbonyl (C=O) groups is 1. The van der Waals surface area contributed by atoms with E-state index in [4.69, 9.17) is 0 Å². The summed E-state index contributed by atoms with van der Waals surface area (Å²) in [6.07, 6.45) is 0.152. The molecule has 0 bridgehead atoms. The normalized spacial score (nSPS) is 19.7. The molecule has 3 aromatic rings. The van der Waals surface area contributed by atoms with Crippen LogP contribution in [0, 0.1) is 6.92 Å². The van der Waals surface area contributed by atoms with Gasteiger partial charge >= 0.3 is 0 Å². The second kappa shape index (κ2) is 4.89. The van der Waals surface area contributed by atoms with Crippen LogP contribution in [0.5, 0.6) is 0 Å². The third-order valence-electron chi connectivity index (χ3n) is 4.34. The van der Waals surface area contributed by atoms with E-state index >= 15 is 0 Å². The largest absolute Gasteiger partial charge is 0.375 e. The number of rotatable bonds is 2. The molecule has 1 aliphatic heterocycles. The third kappa shape index (κ3) is 2.19. The molecule has 2 N–H and O–H groups in total. The second-order valence-electron chi connectivity index (χ2n) is 6.04. The Kier molecular flexibility index (Phi) is 2.96. The number of hydrogen-bond donors (Lipinski definition) is 2. The van der Waals surface area contributed by atoms with Gasteiger partial charge in [-0.15, -0.1) is 0 Å². The summed E-state index contributed by atoms with van der Waals surface area (Å²) in [5, 5.41) is 14.7. The first-order valence-electron chi connectivity index (χ1n) is 7.56. The Labute approximate surface area is 133 Å². The lowest BCUT2D eigenvalue weighted by atomic mass is 9.90. The highest BCUT2D eigenvalue weighted by Gasteiger charge is 2.45. The SMILES string of the molecule is Cc1ccc2nc(CC3(O)C(=O)Nc4ccccc43)ccc2c1. The minimum atomic E-state index is -1.57. The second-order valence-corrected chi connectivity index (χ2v) is 6.04. The summed E-state index contributed by atoms with van der Waals surface area (Å²) >= 11 is 0. The van der Waals surface area contributed by atoms with E-state index in [1.807, 2.05) is 43.3 Å². The van der Waals surface area contributed by atoms with Gasteiger partial charge in [0, 0.05) is 28.8 Å². The fourth-order valence-electron chi connectivity index (χ4n) is 3.12. The number of amides is 1. The van der Waals surface area contributed by atoms with Gasteiger partial charge in [0.25, 0.3) is 5.91 Å². The van der Waals surface area contributed by atoms with Crippen molar-refractivity contribution in [3.63, 3.8) is 0 Å². The number of para-hydroxylation sites is 1. The van der Waals surface area contributed by atoms with Gasteiger partial charge in [0.2, 0.25) is 0 Å². The number of nitrogens with one attached hydrogen (secondary N) is 1. The van der Waals surface area contributed by atoms with Crippen LogP contribution in [-0.2, 0) is 16.8 Å². The van der Waals surface area contributed by atoms with Crippen molar-refractivity contribution in [1.82, 2.24) is 4.98 Å². The zero-order valence-electron chi connectivity index (χ0n) is 12.7. The Morgan fingerprint density at radius 3 is 2.83 bits per heavy atom. The first kappa shape index (κ1) is 13.9. The lowest BCUT2D eigenvalue weighted by Crippen LogP contribution is -2.36. The van der Waals surface area contributed by atoms with Gasteiger partial charge in [-0.1, -0.05) is 35.9 Å². The first-order chi connectivity index (χ1) is 11.1. The van der Waals surface area contributed by atoms with Gasteiger partial charge in [-0.05, 0) is 31.2 Å². The molecule has 0 radical (unpaired) electrons. The zero-order valence-corrected chi connectivity index (χ0v) is 12.7. The molecule has 114 valence electrons. The van der Waals surface area contributed by atoms with E-state index in [1.165, 1.54) is 5.56 Å². The molecular weight excluding hydrogens is 288 g/mol. The standard InChI is InChI=1S/C19H16N2O2/c1-12-6-9-16-13(10-12)7-8-14(20-16)11-19(23)15-4-2-3-5-17(15)21-18(19)22/h2-10,23H,11H2,1H3,(H,21,22). The average Bonchev–Trinajstić information content (AvgIpc) is 2.79. The number of pyridine rings is 1. The molecule has 4 rings (SSSR count). The molecule has 1 amide bonds. The van der Waals surface area contributed by atoms with Crippen LogP contribution < -0.4 is 5.32 Å². The number of carbonyl (C=O) groups excluding carboxylic acids is 1. The van der Waals surface area contributed by atoms with E-state index in [1.54, 1.807) is 12.1 Å². The predicted octanol–water partition coefficient (Wildman–Crippen LogP) is 2.93. The number of aliphatic hydroxyl groups is 1. The molecule has 2 aromatic carbocycles. The van der Waals surface area contributed by atoms with E-state index < -0.39 is 11.5 Å². The van der Waals surface area contributed by atoms with E-state index in [0.717, 1.165) is 10.9 Å². The fourth-order valence-corrected chi connectivity index (χ4v) is 3.12. The monoisotopic (exact) mass is 304 g/mol. The summed E-state index contributed by atoms with van der Waals surface area (Å²) in [6, 6.07) is 17.1. The molecule has 0 saturated carbocycles. The molecule has 4 nitrogen and oxygen atoms in total. The summed E-state index contributed by atoms with van der Waals surface area (Å²) in [4.78, 5) is 16.9. The van der Waals surface area contributed by atoms with Crippen LogP contribution in [0.2, 0.25) is 0 Å². The van der Waals surface area contributed by atoms with Gasteiger partial charge in [-0.3, -0.25) is 9.78 Å². The number of fused-ring (bicyclic) bond motifs is 2. The molecule has 4 heteroatoms. The van der Waals surface area contributed by atoms with Crippen molar-refractivity contribution in [3.05, 3.63) is 71.4 Å².